The minimum absolute atomic E-state index is 0.807. The summed E-state index contributed by atoms with van der Waals surface area (Å²) in [7, 11) is 0. The molecule has 2 nitrogen and oxygen atoms in total. The van der Waals surface area contributed by atoms with Gasteiger partial charge in [-0.1, -0.05) is 76.9 Å². The van der Waals surface area contributed by atoms with E-state index in [0.717, 1.165) is 25.5 Å². The molecule has 0 aliphatic carbocycles. The lowest BCUT2D eigenvalue weighted by atomic mass is 10.1. The molecular weight excluding hydrogens is 282 g/mol. The summed E-state index contributed by atoms with van der Waals surface area (Å²) >= 11 is 0. The van der Waals surface area contributed by atoms with E-state index in [9.17, 15) is 0 Å². The molecule has 0 radical (unpaired) electrons. The third-order valence-electron chi connectivity index (χ3n) is 4.55. The fraction of sp³-hybridized carbons (Fsp3) is 0.857. The van der Waals surface area contributed by atoms with Crippen LogP contribution in [0.4, 0.5) is 0 Å². The third kappa shape index (κ3) is 13.4. The van der Waals surface area contributed by atoms with Crippen LogP contribution in [-0.2, 0) is 4.74 Å². The Balaban J connectivity index is 1.71. The predicted molar refractivity (Wildman–Crippen MR) is 102 cm³/mol. The largest absolute Gasteiger partial charge is 0.479 e. The molecule has 0 bridgehead atoms. The molecule has 1 rings (SSSR count). The Kier molecular flexibility index (Phi) is 14.2. The molecule has 0 unspecified atom stereocenters. The van der Waals surface area contributed by atoms with Gasteiger partial charge in [0.2, 0.25) is 0 Å². The van der Waals surface area contributed by atoms with Crippen LogP contribution in [0.1, 0.15) is 103 Å². The Bertz CT molecular complexity index is 309. The molecule has 134 valence electrons. The van der Waals surface area contributed by atoms with E-state index in [0.29, 0.717) is 0 Å². The monoisotopic (exact) mass is 321 g/mol. The molecule has 0 spiro atoms. The molecule has 1 aliphatic heterocycles. The Labute approximate surface area is 144 Å². The summed E-state index contributed by atoms with van der Waals surface area (Å²) in [5.41, 5.74) is 0. The number of rotatable bonds is 16. The van der Waals surface area contributed by atoms with Gasteiger partial charge in [-0.2, -0.15) is 0 Å². The van der Waals surface area contributed by atoms with E-state index < -0.39 is 0 Å². The summed E-state index contributed by atoms with van der Waals surface area (Å²) in [6, 6.07) is 0. The SMILES string of the molecule is CCCCCCCCC=CCCCCCCCCC1=NCCO1. The van der Waals surface area contributed by atoms with Crippen molar-refractivity contribution in [3.05, 3.63) is 12.2 Å². The van der Waals surface area contributed by atoms with Crippen LogP contribution in [0, 0.1) is 0 Å². The zero-order valence-electron chi connectivity index (χ0n) is 15.5. The van der Waals surface area contributed by atoms with Crippen LogP contribution in [0.2, 0.25) is 0 Å². The quantitative estimate of drug-likeness (QED) is 0.225. The first-order chi connectivity index (χ1) is 11.4. The first kappa shape index (κ1) is 20.3. The van der Waals surface area contributed by atoms with E-state index in [2.05, 4.69) is 24.1 Å². The highest BCUT2D eigenvalue weighted by atomic mass is 16.5. The first-order valence-corrected chi connectivity index (χ1v) is 10.2. The molecule has 0 fully saturated rings. The van der Waals surface area contributed by atoms with E-state index in [-0.39, 0.29) is 0 Å². The van der Waals surface area contributed by atoms with Crippen LogP contribution >= 0.6 is 0 Å². The lowest BCUT2D eigenvalue weighted by Gasteiger charge is -2.02. The topological polar surface area (TPSA) is 21.6 Å². The molecule has 0 amide bonds. The van der Waals surface area contributed by atoms with Crippen molar-refractivity contribution in [3.8, 4) is 0 Å². The van der Waals surface area contributed by atoms with E-state index in [1.165, 1.54) is 89.9 Å². The van der Waals surface area contributed by atoms with Gasteiger partial charge < -0.3 is 4.74 Å². The maximum absolute atomic E-state index is 5.42. The Morgan fingerprint density at radius 1 is 0.783 bits per heavy atom. The summed E-state index contributed by atoms with van der Waals surface area (Å²) < 4.78 is 5.42. The molecule has 23 heavy (non-hydrogen) atoms. The molecule has 0 aromatic carbocycles. The highest BCUT2D eigenvalue weighted by Gasteiger charge is 2.05. The Hall–Kier alpha value is -0.790. The van der Waals surface area contributed by atoms with Crippen molar-refractivity contribution in [1.82, 2.24) is 0 Å². The van der Waals surface area contributed by atoms with E-state index in [1.807, 2.05) is 0 Å². The van der Waals surface area contributed by atoms with Gasteiger partial charge >= 0.3 is 0 Å². The average Bonchev–Trinajstić information content (AvgIpc) is 3.08. The van der Waals surface area contributed by atoms with Gasteiger partial charge in [0.25, 0.3) is 0 Å². The average molecular weight is 322 g/mol. The zero-order chi connectivity index (χ0) is 16.4. The van der Waals surface area contributed by atoms with Crippen molar-refractivity contribution >= 4 is 5.90 Å². The molecule has 1 heterocycles. The minimum Gasteiger partial charge on any atom is -0.479 e. The van der Waals surface area contributed by atoms with Gasteiger partial charge in [0.05, 0.1) is 6.54 Å². The summed E-state index contributed by atoms with van der Waals surface area (Å²) in [5, 5.41) is 0. The second-order valence-corrected chi connectivity index (χ2v) is 6.81. The zero-order valence-corrected chi connectivity index (χ0v) is 15.5. The molecule has 1 aliphatic rings. The van der Waals surface area contributed by atoms with Crippen LogP contribution in [0.15, 0.2) is 17.1 Å². The van der Waals surface area contributed by atoms with E-state index in [1.54, 1.807) is 0 Å². The molecule has 0 aromatic heterocycles. The lowest BCUT2D eigenvalue weighted by molar-refractivity contribution is 0.336. The van der Waals surface area contributed by atoms with Gasteiger partial charge in [0.15, 0.2) is 5.90 Å². The predicted octanol–water partition coefficient (Wildman–Crippen LogP) is 6.84. The number of hydrogen-bond donors (Lipinski definition) is 0. The number of hydrogen-bond acceptors (Lipinski definition) is 2. The lowest BCUT2D eigenvalue weighted by Crippen LogP contribution is -1.98. The molecule has 0 N–H and O–H groups in total. The fourth-order valence-electron chi connectivity index (χ4n) is 3.05. The maximum atomic E-state index is 5.42. The van der Waals surface area contributed by atoms with Crippen LogP contribution in [0.5, 0.6) is 0 Å². The molecule has 0 atom stereocenters. The minimum atomic E-state index is 0.807. The summed E-state index contributed by atoms with van der Waals surface area (Å²) in [5.74, 6) is 1.00. The number of nitrogens with zero attached hydrogens (tertiary/aromatic N) is 1. The molecular formula is C21H39NO. The van der Waals surface area contributed by atoms with Crippen LogP contribution in [-0.4, -0.2) is 19.0 Å². The summed E-state index contributed by atoms with van der Waals surface area (Å²) in [6.07, 6.45) is 25.0. The molecule has 2 heteroatoms. The van der Waals surface area contributed by atoms with Gasteiger partial charge in [-0.05, 0) is 32.1 Å². The maximum Gasteiger partial charge on any atom is 0.183 e. The molecule has 0 saturated carbocycles. The van der Waals surface area contributed by atoms with Crippen LogP contribution in [0.25, 0.3) is 0 Å². The van der Waals surface area contributed by atoms with Crippen molar-refractivity contribution in [1.29, 1.82) is 0 Å². The number of unbranched alkanes of at least 4 members (excludes halogenated alkanes) is 12. The first-order valence-electron chi connectivity index (χ1n) is 10.2. The smallest absolute Gasteiger partial charge is 0.183 e. The normalized spacial score (nSPS) is 14.4. The van der Waals surface area contributed by atoms with E-state index >= 15 is 0 Å². The van der Waals surface area contributed by atoms with Gasteiger partial charge in [-0.15, -0.1) is 0 Å². The molecule has 0 saturated heterocycles. The number of aliphatic imine (C=N–C) groups is 1. The van der Waals surface area contributed by atoms with Crippen molar-refractivity contribution in [2.45, 2.75) is 103 Å². The fourth-order valence-corrected chi connectivity index (χ4v) is 3.05. The Morgan fingerprint density at radius 2 is 1.35 bits per heavy atom. The van der Waals surface area contributed by atoms with Gasteiger partial charge in [0, 0.05) is 6.42 Å². The third-order valence-corrected chi connectivity index (χ3v) is 4.55. The van der Waals surface area contributed by atoms with Crippen LogP contribution < -0.4 is 0 Å². The molecule has 0 aromatic rings. The van der Waals surface area contributed by atoms with Crippen molar-refractivity contribution in [3.63, 3.8) is 0 Å². The second kappa shape index (κ2) is 16.1. The summed E-state index contributed by atoms with van der Waals surface area (Å²) in [4.78, 5) is 4.33. The highest BCUT2D eigenvalue weighted by molar-refractivity contribution is 5.77. The van der Waals surface area contributed by atoms with E-state index in [4.69, 9.17) is 4.74 Å². The van der Waals surface area contributed by atoms with Gasteiger partial charge in [0.1, 0.15) is 6.61 Å². The Morgan fingerprint density at radius 3 is 1.91 bits per heavy atom. The van der Waals surface area contributed by atoms with Crippen molar-refractivity contribution in [2.75, 3.05) is 13.2 Å². The van der Waals surface area contributed by atoms with Crippen LogP contribution in [0.3, 0.4) is 0 Å². The highest BCUT2D eigenvalue weighted by Crippen LogP contribution is 2.11. The van der Waals surface area contributed by atoms with Crippen molar-refractivity contribution < 1.29 is 4.74 Å². The number of allylic oxidation sites excluding steroid dienone is 2. The van der Waals surface area contributed by atoms with Gasteiger partial charge in [-0.3, -0.25) is 4.99 Å². The summed E-state index contributed by atoms with van der Waals surface area (Å²) in [6.45, 7) is 3.97. The van der Waals surface area contributed by atoms with Gasteiger partial charge in [-0.25, -0.2) is 0 Å². The standard InChI is InChI=1S/C21H39NO/c1-2-3-4-5-6-7-8-9-10-11-12-13-14-15-16-17-18-21-22-19-20-23-21/h9-10H,2-8,11-20H2,1H3. The van der Waals surface area contributed by atoms with Crippen molar-refractivity contribution in [2.24, 2.45) is 4.99 Å². The number of ether oxygens (including phenoxy) is 1. The second-order valence-electron chi connectivity index (χ2n) is 6.81.